The van der Waals surface area contributed by atoms with Gasteiger partial charge in [-0.1, -0.05) is 6.92 Å². The molecular formula is C8H15N3O4. The van der Waals surface area contributed by atoms with Crippen LogP contribution in [0.1, 0.15) is 13.3 Å². The zero-order valence-electron chi connectivity index (χ0n) is 8.45. The molecule has 1 atom stereocenters. The minimum absolute atomic E-state index is 0.205. The van der Waals surface area contributed by atoms with E-state index in [4.69, 9.17) is 10.8 Å². The van der Waals surface area contributed by atoms with Crippen molar-refractivity contribution in [2.45, 2.75) is 19.4 Å². The Bertz CT molecular complexity index is 254. The van der Waals surface area contributed by atoms with Crippen LogP contribution in [0.15, 0.2) is 0 Å². The number of nitrogens with one attached hydrogen (secondary N) is 2. The molecule has 0 aliphatic heterocycles. The molecule has 0 heterocycles. The summed E-state index contributed by atoms with van der Waals surface area (Å²) >= 11 is 0. The Labute approximate surface area is 87.0 Å². The molecule has 15 heavy (non-hydrogen) atoms. The van der Waals surface area contributed by atoms with Crippen LogP contribution >= 0.6 is 0 Å². The second kappa shape index (κ2) is 6.77. The molecule has 0 saturated heterocycles. The molecule has 0 bridgehead atoms. The van der Waals surface area contributed by atoms with Crippen molar-refractivity contribution >= 4 is 17.8 Å². The van der Waals surface area contributed by atoms with Gasteiger partial charge in [-0.15, -0.1) is 0 Å². The van der Waals surface area contributed by atoms with Crippen molar-refractivity contribution in [2.75, 3.05) is 13.1 Å². The maximum absolute atomic E-state index is 11.1. The van der Waals surface area contributed by atoms with Crippen LogP contribution in [0, 0.1) is 0 Å². The van der Waals surface area contributed by atoms with E-state index in [1.54, 1.807) is 6.92 Å². The van der Waals surface area contributed by atoms with Crippen LogP contribution in [0.3, 0.4) is 0 Å². The molecule has 0 aliphatic carbocycles. The summed E-state index contributed by atoms with van der Waals surface area (Å²) in [5, 5.41) is 13.1. The van der Waals surface area contributed by atoms with Crippen molar-refractivity contribution in [3.05, 3.63) is 0 Å². The van der Waals surface area contributed by atoms with Gasteiger partial charge in [0.05, 0.1) is 13.1 Å². The summed E-state index contributed by atoms with van der Waals surface area (Å²) in [6.45, 7) is 1.17. The van der Waals surface area contributed by atoms with Gasteiger partial charge in [-0.3, -0.25) is 9.59 Å². The standard InChI is InChI=1S/C8H15N3O4/c1-2-5(8(14)15)11-7(13)4-10-6(12)3-9/h5H,2-4,9H2,1H3,(H,10,12)(H,11,13)(H,14,15). The fraction of sp³-hybridized carbons (Fsp3) is 0.625. The van der Waals surface area contributed by atoms with Crippen molar-refractivity contribution < 1.29 is 19.5 Å². The second-order valence-electron chi connectivity index (χ2n) is 2.85. The van der Waals surface area contributed by atoms with Gasteiger partial charge in [0.15, 0.2) is 0 Å². The molecule has 0 radical (unpaired) electrons. The van der Waals surface area contributed by atoms with E-state index >= 15 is 0 Å². The molecule has 0 rings (SSSR count). The minimum Gasteiger partial charge on any atom is -0.480 e. The van der Waals surface area contributed by atoms with E-state index in [1.807, 2.05) is 0 Å². The molecule has 0 aliphatic rings. The Morgan fingerprint density at radius 1 is 1.33 bits per heavy atom. The van der Waals surface area contributed by atoms with Gasteiger partial charge in [0.25, 0.3) is 0 Å². The second-order valence-corrected chi connectivity index (χ2v) is 2.85. The van der Waals surface area contributed by atoms with Crippen molar-refractivity contribution in [3.63, 3.8) is 0 Å². The Balaban J connectivity index is 3.91. The number of carbonyl (C=O) groups is 3. The van der Waals surface area contributed by atoms with Gasteiger partial charge in [0.1, 0.15) is 6.04 Å². The van der Waals surface area contributed by atoms with E-state index in [2.05, 4.69) is 10.6 Å². The predicted molar refractivity (Wildman–Crippen MR) is 51.9 cm³/mol. The van der Waals surface area contributed by atoms with Gasteiger partial charge >= 0.3 is 5.97 Å². The third-order valence-electron chi connectivity index (χ3n) is 1.67. The van der Waals surface area contributed by atoms with Crippen LogP contribution < -0.4 is 16.4 Å². The topological polar surface area (TPSA) is 122 Å². The number of rotatable bonds is 6. The molecule has 0 aromatic heterocycles. The molecule has 0 fully saturated rings. The minimum atomic E-state index is -1.10. The number of carbonyl (C=O) groups excluding carboxylic acids is 2. The molecule has 7 heteroatoms. The summed E-state index contributed by atoms with van der Waals surface area (Å²) < 4.78 is 0. The predicted octanol–water partition coefficient (Wildman–Crippen LogP) is -1.96. The van der Waals surface area contributed by atoms with Gasteiger partial charge in [0.2, 0.25) is 11.8 Å². The highest BCUT2D eigenvalue weighted by atomic mass is 16.4. The third kappa shape index (κ3) is 5.63. The molecule has 0 aromatic rings. The SMILES string of the molecule is CCC(NC(=O)CNC(=O)CN)C(=O)O. The first-order chi connectivity index (χ1) is 7.01. The van der Waals surface area contributed by atoms with Crippen LogP contribution in [0.4, 0.5) is 0 Å². The maximum Gasteiger partial charge on any atom is 0.326 e. The van der Waals surface area contributed by atoms with E-state index in [0.29, 0.717) is 0 Å². The summed E-state index contributed by atoms with van der Waals surface area (Å²) in [5.74, 6) is -2.12. The lowest BCUT2D eigenvalue weighted by Crippen LogP contribution is -2.46. The molecule has 0 spiro atoms. The number of amides is 2. The summed E-state index contributed by atoms with van der Waals surface area (Å²) in [4.78, 5) is 32.3. The lowest BCUT2D eigenvalue weighted by atomic mass is 10.2. The summed E-state index contributed by atoms with van der Waals surface area (Å²) in [6, 6.07) is -0.924. The summed E-state index contributed by atoms with van der Waals surface area (Å²) in [5.41, 5.74) is 5.00. The summed E-state index contributed by atoms with van der Waals surface area (Å²) in [6.07, 6.45) is 0.284. The van der Waals surface area contributed by atoms with Crippen molar-refractivity contribution in [3.8, 4) is 0 Å². The zero-order valence-corrected chi connectivity index (χ0v) is 8.45. The van der Waals surface area contributed by atoms with Gasteiger partial charge in [-0.2, -0.15) is 0 Å². The molecule has 1 unspecified atom stereocenters. The summed E-state index contributed by atoms with van der Waals surface area (Å²) in [7, 11) is 0. The highest BCUT2D eigenvalue weighted by Crippen LogP contribution is 1.89. The van der Waals surface area contributed by atoms with E-state index in [1.165, 1.54) is 0 Å². The highest BCUT2D eigenvalue weighted by molar-refractivity contribution is 5.88. The van der Waals surface area contributed by atoms with Crippen molar-refractivity contribution in [2.24, 2.45) is 5.73 Å². The fourth-order valence-corrected chi connectivity index (χ4v) is 0.835. The van der Waals surface area contributed by atoms with Crippen LogP contribution in [0.25, 0.3) is 0 Å². The van der Waals surface area contributed by atoms with E-state index in [-0.39, 0.29) is 19.5 Å². The number of carboxylic acids is 1. The normalized spacial score (nSPS) is 11.6. The van der Waals surface area contributed by atoms with Crippen LogP contribution in [-0.2, 0) is 14.4 Å². The van der Waals surface area contributed by atoms with Crippen molar-refractivity contribution in [1.29, 1.82) is 0 Å². The number of nitrogens with two attached hydrogens (primary N) is 1. The lowest BCUT2D eigenvalue weighted by Gasteiger charge is -2.12. The molecule has 0 saturated carbocycles. The fourth-order valence-electron chi connectivity index (χ4n) is 0.835. The largest absolute Gasteiger partial charge is 0.480 e. The maximum atomic E-state index is 11.1. The Morgan fingerprint density at radius 2 is 1.93 bits per heavy atom. The van der Waals surface area contributed by atoms with Crippen LogP contribution in [0.5, 0.6) is 0 Å². The number of hydrogen-bond acceptors (Lipinski definition) is 4. The Kier molecular flexibility index (Phi) is 6.03. The molecule has 5 N–H and O–H groups in total. The molecule has 86 valence electrons. The Morgan fingerprint density at radius 3 is 2.33 bits per heavy atom. The van der Waals surface area contributed by atoms with Crippen molar-refractivity contribution in [1.82, 2.24) is 10.6 Å². The zero-order chi connectivity index (χ0) is 11.8. The molecule has 0 aromatic carbocycles. The van der Waals surface area contributed by atoms with Gasteiger partial charge in [0, 0.05) is 0 Å². The number of hydrogen-bond donors (Lipinski definition) is 4. The molecule has 7 nitrogen and oxygen atoms in total. The van der Waals surface area contributed by atoms with Gasteiger partial charge in [-0.05, 0) is 6.42 Å². The third-order valence-corrected chi connectivity index (χ3v) is 1.67. The van der Waals surface area contributed by atoms with E-state index < -0.39 is 23.8 Å². The average Bonchev–Trinajstić information content (AvgIpc) is 2.21. The first-order valence-electron chi connectivity index (χ1n) is 4.50. The van der Waals surface area contributed by atoms with Crippen LogP contribution in [-0.4, -0.2) is 42.0 Å². The average molecular weight is 217 g/mol. The number of carboxylic acid groups (broad SMARTS) is 1. The number of aliphatic carboxylic acids is 1. The monoisotopic (exact) mass is 217 g/mol. The lowest BCUT2D eigenvalue weighted by molar-refractivity contribution is -0.141. The van der Waals surface area contributed by atoms with E-state index in [0.717, 1.165) is 0 Å². The molecular weight excluding hydrogens is 202 g/mol. The molecule has 2 amide bonds. The Hall–Kier alpha value is -1.63. The van der Waals surface area contributed by atoms with Gasteiger partial charge in [-0.25, -0.2) is 4.79 Å². The first kappa shape index (κ1) is 13.4. The highest BCUT2D eigenvalue weighted by Gasteiger charge is 2.17. The van der Waals surface area contributed by atoms with Gasteiger partial charge < -0.3 is 21.5 Å². The van der Waals surface area contributed by atoms with Crippen LogP contribution in [0.2, 0.25) is 0 Å². The quantitative estimate of drug-likeness (QED) is 0.411. The smallest absolute Gasteiger partial charge is 0.326 e. The first-order valence-corrected chi connectivity index (χ1v) is 4.50. The van der Waals surface area contributed by atoms with E-state index in [9.17, 15) is 14.4 Å².